The van der Waals surface area contributed by atoms with Crippen LogP contribution < -0.4 is 10.6 Å². The van der Waals surface area contributed by atoms with Crippen LogP contribution in [0.25, 0.3) is 0 Å². The van der Waals surface area contributed by atoms with Gasteiger partial charge in [-0.15, -0.1) is 11.8 Å². The monoisotopic (exact) mass is 284 g/mol. The lowest BCUT2D eigenvalue weighted by Gasteiger charge is -2.06. The van der Waals surface area contributed by atoms with E-state index in [0.29, 0.717) is 18.0 Å². The van der Waals surface area contributed by atoms with Gasteiger partial charge in [0.1, 0.15) is 5.75 Å². The molecule has 3 N–H and O–H groups in total. The fourth-order valence-electron chi connectivity index (χ4n) is 1.20. The Hall–Kier alpha value is -1.73. The Morgan fingerprint density at radius 3 is 2.79 bits per heavy atom. The second-order valence-corrected chi connectivity index (χ2v) is 4.57. The van der Waals surface area contributed by atoms with Crippen LogP contribution in [0.15, 0.2) is 29.2 Å². The number of carbonyl (C=O) groups is 2. The van der Waals surface area contributed by atoms with Gasteiger partial charge in [0.05, 0.1) is 12.4 Å². The molecule has 0 radical (unpaired) electrons. The van der Waals surface area contributed by atoms with Gasteiger partial charge >= 0.3 is 6.03 Å². The zero-order valence-corrected chi connectivity index (χ0v) is 11.3. The van der Waals surface area contributed by atoms with E-state index in [-0.39, 0.29) is 11.5 Å². The van der Waals surface area contributed by atoms with Crippen LogP contribution in [0.2, 0.25) is 0 Å². The average Bonchev–Trinajstić information content (AvgIpc) is 2.38. The number of imide groups is 1. The van der Waals surface area contributed by atoms with Crippen molar-refractivity contribution in [1.29, 1.82) is 0 Å². The molecule has 1 aromatic carbocycles. The molecule has 0 unspecified atom stereocenters. The van der Waals surface area contributed by atoms with E-state index in [9.17, 15) is 14.7 Å². The van der Waals surface area contributed by atoms with Crippen molar-refractivity contribution >= 4 is 23.7 Å². The number of benzene rings is 1. The molecule has 0 aliphatic heterocycles. The van der Waals surface area contributed by atoms with E-state index >= 15 is 0 Å². The molecule has 0 fully saturated rings. The minimum atomic E-state index is -0.556. The topological polar surface area (TPSA) is 87.7 Å². The maximum absolute atomic E-state index is 11.5. The predicted molar refractivity (Wildman–Crippen MR) is 72.2 cm³/mol. The molecule has 1 rings (SSSR count). The number of phenolic OH excluding ortho intramolecular Hbond substituents is 1. The summed E-state index contributed by atoms with van der Waals surface area (Å²) in [7, 11) is 1.52. The van der Waals surface area contributed by atoms with Crippen LogP contribution in [-0.2, 0) is 9.53 Å². The third-order valence-corrected chi connectivity index (χ3v) is 3.13. The molecule has 7 heteroatoms. The first kappa shape index (κ1) is 15.3. The van der Waals surface area contributed by atoms with Crippen LogP contribution >= 0.6 is 11.8 Å². The van der Waals surface area contributed by atoms with Gasteiger partial charge in [-0.1, -0.05) is 12.1 Å². The van der Waals surface area contributed by atoms with E-state index in [1.807, 2.05) is 0 Å². The van der Waals surface area contributed by atoms with Gasteiger partial charge in [-0.25, -0.2) is 4.79 Å². The number of nitrogens with one attached hydrogen (secondary N) is 2. The number of amides is 3. The molecule has 0 saturated heterocycles. The molecular formula is C12H16N2O4S. The van der Waals surface area contributed by atoms with Crippen LogP contribution in [0.3, 0.4) is 0 Å². The van der Waals surface area contributed by atoms with Crippen LogP contribution in [-0.4, -0.2) is 43.1 Å². The van der Waals surface area contributed by atoms with E-state index in [1.54, 1.807) is 18.2 Å². The molecule has 0 heterocycles. The fourth-order valence-corrected chi connectivity index (χ4v) is 1.95. The Bertz CT molecular complexity index is 439. The lowest BCUT2D eigenvalue weighted by Crippen LogP contribution is -2.41. The molecule has 104 valence electrons. The number of methoxy groups -OCH3 is 1. The van der Waals surface area contributed by atoms with Gasteiger partial charge in [0.15, 0.2) is 0 Å². The molecule has 0 bridgehead atoms. The number of para-hydroxylation sites is 1. The summed E-state index contributed by atoms with van der Waals surface area (Å²) in [4.78, 5) is 23.3. The zero-order valence-electron chi connectivity index (χ0n) is 10.5. The Labute approximate surface area is 115 Å². The second-order valence-electron chi connectivity index (χ2n) is 3.55. The maximum Gasteiger partial charge on any atom is 0.321 e. The van der Waals surface area contributed by atoms with Gasteiger partial charge < -0.3 is 15.2 Å². The molecule has 0 aromatic heterocycles. The number of aromatic hydroxyl groups is 1. The van der Waals surface area contributed by atoms with Crippen molar-refractivity contribution in [2.75, 3.05) is 26.0 Å². The quantitative estimate of drug-likeness (QED) is 0.535. The van der Waals surface area contributed by atoms with Crippen LogP contribution in [0.1, 0.15) is 0 Å². The molecule has 0 aliphatic carbocycles. The standard InChI is InChI=1S/C12H16N2O4S/c1-18-7-6-13-12(17)14-11(16)8-19-10-5-3-2-4-9(10)15/h2-5,15H,6-8H2,1H3,(H2,13,14,16,17). The highest BCUT2D eigenvalue weighted by atomic mass is 32.2. The summed E-state index contributed by atoms with van der Waals surface area (Å²) in [6, 6.07) is 6.14. The van der Waals surface area contributed by atoms with Gasteiger partial charge in [-0.2, -0.15) is 0 Å². The minimum absolute atomic E-state index is 0.0509. The Balaban J connectivity index is 2.28. The number of ether oxygens (including phenoxy) is 1. The van der Waals surface area contributed by atoms with Gasteiger partial charge in [-0.05, 0) is 12.1 Å². The summed E-state index contributed by atoms with van der Waals surface area (Å²) < 4.78 is 4.76. The largest absolute Gasteiger partial charge is 0.507 e. The maximum atomic E-state index is 11.5. The van der Waals surface area contributed by atoms with E-state index in [4.69, 9.17) is 4.74 Å². The molecule has 0 atom stereocenters. The van der Waals surface area contributed by atoms with Crippen molar-refractivity contribution in [3.63, 3.8) is 0 Å². The molecule has 1 aromatic rings. The number of thioether (sulfide) groups is 1. The first-order chi connectivity index (χ1) is 9.13. The normalized spacial score (nSPS) is 9.95. The fraction of sp³-hybridized carbons (Fsp3) is 0.333. The smallest absolute Gasteiger partial charge is 0.321 e. The average molecular weight is 284 g/mol. The molecule has 19 heavy (non-hydrogen) atoms. The Morgan fingerprint density at radius 1 is 1.37 bits per heavy atom. The molecule has 0 spiro atoms. The van der Waals surface area contributed by atoms with Crippen molar-refractivity contribution in [2.45, 2.75) is 4.90 Å². The lowest BCUT2D eigenvalue weighted by atomic mass is 10.3. The van der Waals surface area contributed by atoms with Crippen LogP contribution in [0.4, 0.5) is 4.79 Å². The predicted octanol–water partition coefficient (Wildman–Crippen LogP) is 0.956. The summed E-state index contributed by atoms with van der Waals surface area (Å²) in [5.74, 6) is -0.261. The van der Waals surface area contributed by atoms with Crippen molar-refractivity contribution in [2.24, 2.45) is 0 Å². The van der Waals surface area contributed by atoms with Crippen molar-refractivity contribution in [3.8, 4) is 5.75 Å². The first-order valence-corrected chi connectivity index (χ1v) is 6.59. The van der Waals surface area contributed by atoms with Gasteiger partial charge in [0.2, 0.25) is 5.91 Å². The number of phenols is 1. The van der Waals surface area contributed by atoms with Crippen LogP contribution in [0.5, 0.6) is 5.75 Å². The highest BCUT2D eigenvalue weighted by molar-refractivity contribution is 8.00. The summed E-state index contributed by atoms with van der Waals surface area (Å²) in [5, 5.41) is 14.2. The number of rotatable bonds is 6. The van der Waals surface area contributed by atoms with E-state index in [0.717, 1.165) is 11.8 Å². The molecule has 6 nitrogen and oxygen atoms in total. The summed E-state index contributed by atoms with van der Waals surface area (Å²) in [6.07, 6.45) is 0. The van der Waals surface area contributed by atoms with Crippen molar-refractivity contribution in [1.82, 2.24) is 10.6 Å². The highest BCUT2D eigenvalue weighted by Crippen LogP contribution is 2.27. The SMILES string of the molecule is COCCNC(=O)NC(=O)CSc1ccccc1O. The summed E-state index contributed by atoms with van der Waals surface area (Å²) in [5.41, 5.74) is 0. The van der Waals surface area contributed by atoms with Gasteiger partial charge in [0.25, 0.3) is 0 Å². The molecule has 0 aliphatic rings. The van der Waals surface area contributed by atoms with Crippen molar-refractivity contribution in [3.05, 3.63) is 24.3 Å². The number of hydrogen-bond donors (Lipinski definition) is 3. The van der Waals surface area contributed by atoms with Crippen LogP contribution in [0, 0.1) is 0 Å². The second kappa shape index (κ2) is 8.39. The first-order valence-electron chi connectivity index (χ1n) is 5.61. The van der Waals surface area contributed by atoms with E-state index in [1.165, 1.54) is 13.2 Å². The summed E-state index contributed by atoms with van der Waals surface area (Å²) >= 11 is 1.16. The van der Waals surface area contributed by atoms with Gasteiger partial charge in [-0.3, -0.25) is 10.1 Å². The highest BCUT2D eigenvalue weighted by Gasteiger charge is 2.09. The Kier molecular flexibility index (Phi) is 6.76. The number of hydrogen-bond acceptors (Lipinski definition) is 5. The molecule has 3 amide bonds. The molecular weight excluding hydrogens is 268 g/mol. The summed E-state index contributed by atoms with van der Waals surface area (Å²) in [6.45, 7) is 0.719. The third-order valence-electron chi connectivity index (χ3n) is 2.07. The minimum Gasteiger partial charge on any atom is -0.507 e. The molecule has 0 saturated carbocycles. The lowest BCUT2D eigenvalue weighted by molar-refractivity contribution is -0.117. The van der Waals surface area contributed by atoms with E-state index < -0.39 is 11.9 Å². The van der Waals surface area contributed by atoms with Gasteiger partial charge in [0, 0.05) is 18.6 Å². The number of urea groups is 1. The Morgan fingerprint density at radius 2 is 2.11 bits per heavy atom. The van der Waals surface area contributed by atoms with Crippen molar-refractivity contribution < 1.29 is 19.4 Å². The third kappa shape index (κ3) is 6.12. The van der Waals surface area contributed by atoms with E-state index in [2.05, 4.69) is 10.6 Å². The zero-order chi connectivity index (χ0) is 14.1. The number of carbonyl (C=O) groups excluding carboxylic acids is 2.